The van der Waals surface area contributed by atoms with E-state index in [0.717, 1.165) is 0 Å². The maximum Gasteiger partial charge on any atom is 0.123 e. The summed E-state index contributed by atoms with van der Waals surface area (Å²) in [6, 6.07) is 0. The van der Waals surface area contributed by atoms with E-state index >= 15 is 0 Å². The molecule has 0 fully saturated rings. The normalized spacial score (nSPS) is 18.9. The van der Waals surface area contributed by atoms with Crippen LogP contribution in [0.15, 0.2) is 0 Å². The minimum Gasteiger partial charge on any atom is -0.389 e. The third-order valence-electron chi connectivity index (χ3n) is 0.531. The van der Waals surface area contributed by atoms with Crippen molar-refractivity contribution in [2.24, 2.45) is 0 Å². The highest BCUT2D eigenvalue weighted by atomic mass is 32.1. The molecule has 0 aliphatic heterocycles. The standard InChI is InChI=1S/C3H8O2S2/c4-2(1-6)3(5)7/h2-7H,1H2. The molecule has 0 radical (unpaired) electrons. The lowest BCUT2D eigenvalue weighted by Crippen LogP contribution is -2.21. The predicted octanol–water partition coefficient (Wildman–Crippen LogP) is -0.475. The van der Waals surface area contributed by atoms with Crippen molar-refractivity contribution >= 4 is 25.3 Å². The molecule has 0 aliphatic carbocycles. The molecule has 0 spiro atoms. The second kappa shape index (κ2) is 3.60. The Balaban J connectivity index is 3.14. The van der Waals surface area contributed by atoms with Crippen LogP contribution in [0.4, 0.5) is 0 Å². The molecule has 0 saturated carbocycles. The van der Waals surface area contributed by atoms with Gasteiger partial charge < -0.3 is 10.2 Å². The summed E-state index contributed by atoms with van der Waals surface area (Å²) in [5, 5.41) is 16.9. The van der Waals surface area contributed by atoms with Crippen molar-refractivity contribution in [2.45, 2.75) is 11.5 Å². The van der Waals surface area contributed by atoms with Crippen LogP contribution in [0.3, 0.4) is 0 Å². The molecule has 7 heavy (non-hydrogen) atoms. The van der Waals surface area contributed by atoms with Gasteiger partial charge in [-0.2, -0.15) is 12.6 Å². The zero-order valence-corrected chi connectivity index (χ0v) is 5.44. The Kier molecular flexibility index (Phi) is 3.92. The van der Waals surface area contributed by atoms with Crippen LogP contribution in [-0.4, -0.2) is 27.5 Å². The van der Waals surface area contributed by atoms with E-state index in [1.807, 2.05) is 0 Å². The van der Waals surface area contributed by atoms with Crippen molar-refractivity contribution in [3.05, 3.63) is 0 Å². The van der Waals surface area contributed by atoms with E-state index in [1.165, 1.54) is 0 Å². The lowest BCUT2D eigenvalue weighted by molar-refractivity contribution is 0.0923. The maximum atomic E-state index is 8.53. The Hall–Kier alpha value is 0.620. The van der Waals surface area contributed by atoms with Gasteiger partial charge in [0.05, 0.1) is 6.10 Å². The van der Waals surface area contributed by atoms with Gasteiger partial charge in [-0.15, -0.1) is 12.6 Å². The Morgan fingerprint density at radius 3 is 1.86 bits per heavy atom. The van der Waals surface area contributed by atoms with Crippen LogP contribution in [0.1, 0.15) is 0 Å². The molecule has 0 amide bonds. The first-order chi connectivity index (χ1) is 3.18. The number of rotatable bonds is 2. The summed E-state index contributed by atoms with van der Waals surface area (Å²) in [5.41, 5.74) is -0.961. The van der Waals surface area contributed by atoms with Crippen molar-refractivity contribution < 1.29 is 10.2 Å². The van der Waals surface area contributed by atoms with Gasteiger partial charge in [0.2, 0.25) is 0 Å². The fraction of sp³-hybridized carbons (Fsp3) is 1.00. The zero-order valence-electron chi connectivity index (χ0n) is 3.65. The third kappa shape index (κ3) is 3.22. The van der Waals surface area contributed by atoms with Crippen molar-refractivity contribution in [1.29, 1.82) is 0 Å². The number of hydrogen-bond acceptors (Lipinski definition) is 4. The smallest absolute Gasteiger partial charge is 0.123 e. The number of aliphatic hydroxyl groups is 2. The average molecular weight is 140 g/mol. The van der Waals surface area contributed by atoms with E-state index in [1.54, 1.807) is 0 Å². The van der Waals surface area contributed by atoms with E-state index in [0.29, 0.717) is 0 Å². The SMILES string of the molecule is OC(S)C(O)CS. The van der Waals surface area contributed by atoms with Crippen LogP contribution in [0, 0.1) is 0 Å². The summed E-state index contributed by atoms with van der Waals surface area (Å²) in [6.07, 6.45) is -0.813. The number of aliphatic hydroxyl groups excluding tert-OH is 2. The second-order valence-electron chi connectivity index (χ2n) is 1.16. The summed E-state index contributed by atoms with van der Waals surface area (Å²) in [5.74, 6) is 0.241. The molecular formula is C3H8O2S2. The van der Waals surface area contributed by atoms with Gasteiger partial charge >= 0.3 is 0 Å². The molecule has 0 aliphatic rings. The van der Waals surface area contributed by atoms with E-state index in [2.05, 4.69) is 25.3 Å². The van der Waals surface area contributed by atoms with Gasteiger partial charge in [-0.1, -0.05) is 0 Å². The van der Waals surface area contributed by atoms with Crippen molar-refractivity contribution in [2.75, 3.05) is 5.75 Å². The van der Waals surface area contributed by atoms with Gasteiger partial charge in [0.25, 0.3) is 0 Å². The van der Waals surface area contributed by atoms with Gasteiger partial charge in [0.15, 0.2) is 0 Å². The lowest BCUT2D eigenvalue weighted by Gasteiger charge is -2.07. The Bertz CT molecular complexity index is 48.2. The van der Waals surface area contributed by atoms with Crippen LogP contribution in [0.2, 0.25) is 0 Å². The van der Waals surface area contributed by atoms with E-state index in [9.17, 15) is 0 Å². The van der Waals surface area contributed by atoms with Crippen LogP contribution >= 0.6 is 25.3 Å². The summed E-state index contributed by atoms with van der Waals surface area (Å²) in [7, 11) is 0. The van der Waals surface area contributed by atoms with Gasteiger partial charge in [0.1, 0.15) is 5.44 Å². The van der Waals surface area contributed by atoms with E-state index < -0.39 is 11.5 Å². The molecule has 44 valence electrons. The molecule has 2 N–H and O–H groups in total. The molecule has 0 bridgehead atoms. The molecule has 0 heterocycles. The predicted molar refractivity (Wildman–Crippen MR) is 34.9 cm³/mol. The topological polar surface area (TPSA) is 40.5 Å². The first-order valence-corrected chi connectivity index (χ1v) is 2.98. The number of hydrogen-bond donors (Lipinski definition) is 4. The van der Waals surface area contributed by atoms with Crippen LogP contribution in [0.5, 0.6) is 0 Å². The van der Waals surface area contributed by atoms with Gasteiger partial charge in [0, 0.05) is 5.75 Å². The minimum absolute atomic E-state index is 0.241. The molecule has 4 heteroatoms. The number of thiol groups is 2. The van der Waals surface area contributed by atoms with Crippen molar-refractivity contribution in [3.63, 3.8) is 0 Å². The summed E-state index contributed by atoms with van der Waals surface area (Å²) >= 11 is 7.23. The summed E-state index contributed by atoms with van der Waals surface area (Å²) in [4.78, 5) is 0. The van der Waals surface area contributed by atoms with E-state index in [4.69, 9.17) is 10.2 Å². The molecule has 0 aromatic rings. The van der Waals surface area contributed by atoms with Crippen LogP contribution in [-0.2, 0) is 0 Å². The molecule has 0 aromatic heterocycles. The lowest BCUT2D eigenvalue weighted by atomic mass is 10.4. The molecule has 2 unspecified atom stereocenters. The molecular weight excluding hydrogens is 132 g/mol. The van der Waals surface area contributed by atoms with Crippen LogP contribution < -0.4 is 0 Å². The van der Waals surface area contributed by atoms with E-state index in [-0.39, 0.29) is 5.75 Å². The minimum atomic E-state index is -0.961. The first kappa shape index (κ1) is 7.62. The summed E-state index contributed by atoms with van der Waals surface area (Å²) in [6.45, 7) is 0. The maximum absolute atomic E-state index is 8.53. The van der Waals surface area contributed by atoms with Crippen LogP contribution in [0.25, 0.3) is 0 Å². The fourth-order valence-electron chi connectivity index (χ4n) is 0.0943. The summed E-state index contributed by atoms with van der Waals surface area (Å²) < 4.78 is 0. The Labute approximate surface area is 53.4 Å². The molecule has 0 rings (SSSR count). The van der Waals surface area contributed by atoms with Crippen molar-refractivity contribution in [3.8, 4) is 0 Å². The highest BCUT2D eigenvalue weighted by molar-refractivity contribution is 7.81. The third-order valence-corrected chi connectivity index (χ3v) is 1.25. The molecule has 0 saturated heterocycles. The molecule has 2 atom stereocenters. The van der Waals surface area contributed by atoms with Gasteiger partial charge in [-0.25, -0.2) is 0 Å². The van der Waals surface area contributed by atoms with Crippen molar-refractivity contribution in [1.82, 2.24) is 0 Å². The highest BCUT2D eigenvalue weighted by Gasteiger charge is 2.06. The first-order valence-electron chi connectivity index (χ1n) is 1.83. The van der Waals surface area contributed by atoms with Gasteiger partial charge in [-0.05, 0) is 0 Å². The average Bonchev–Trinajstić information content (AvgIpc) is 1.65. The molecule has 2 nitrogen and oxygen atoms in total. The molecule has 0 aromatic carbocycles. The monoisotopic (exact) mass is 140 g/mol. The largest absolute Gasteiger partial charge is 0.389 e. The quantitative estimate of drug-likeness (QED) is 0.309. The van der Waals surface area contributed by atoms with Gasteiger partial charge in [-0.3, -0.25) is 0 Å². The highest BCUT2D eigenvalue weighted by Crippen LogP contribution is 1.97. The fourth-order valence-corrected chi connectivity index (χ4v) is 0.566. The zero-order chi connectivity index (χ0) is 5.86. The second-order valence-corrected chi connectivity index (χ2v) is 2.06. The Morgan fingerprint density at radius 2 is 1.86 bits per heavy atom. The Morgan fingerprint density at radius 1 is 1.43 bits per heavy atom.